The van der Waals surface area contributed by atoms with Gasteiger partial charge in [0.15, 0.2) is 0 Å². The molecule has 0 aromatic heterocycles. The molecular formula is C14H17N3O4S. The summed E-state index contributed by atoms with van der Waals surface area (Å²) in [5.74, 6) is -0.471. The van der Waals surface area contributed by atoms with E-state index < -0.39 is 40.5 Å². The molecule has 0 spiro atoms. The first-order chi connectivity index (χ1) is 10.5. The molecule has 1 aliphatic rings. The number of benzene rings is 1. The van der Waals surface area contributed by atoms with Crippen molar-refractivity contribution in [3.8, 4) is 0 Å². The van der Waals surface area contributed by atoms with E-state index >= 15 is 0 Å². The lowest BCUT2D eigenvalue weighted by atomic mass is 10.0. The third kappa shape index (κ3) is 3.85. The summed E-state index contributed by atoms with van der Waals surface area (Å²) in [6, 6.07) is 8.34. The van der Waals surface area contributed by atoms with Crippen LogP contribution < -0.4 is 0 Å². The first-order valence-corrected chi connectivity index (χ1v) is 8.06. The molecular weight excluding hydrogens is 306 g/mol. The third-order valence-corrected chi connectivity index (χ3v) is 4.88. The summed E-state index contributed by atoms with van der Waals surface area (Å²) >= 11 is 0. The van der Waals surface area contributed by atoms with E-state index in [1.807, 2.05) is 6.07 Å². The Labute approximate surface area is 130 Å². The van der Waals surface area contributed by atoms with E-state index in [2.05, 4.69) is 10.0 Å². The smallest absolute Gasteiger partial charge is 0.303 e. The number of hydrogen-bond donors (Lipinski definition) is 0. The fourth-order valence-corrected chi connectivity index (χ4v) is 3.78. The lowest BCUT2D eigenvalue weighted by Crippen LogP contribution is -2.49. The van der Waals surface area contributed by atoms with Crippen LogP contribution >= 0.6 is 0 Å². The van der Waals surface area contributed by atoms with Crippen molar-refractivity contribution in [1.82, 2.24) is 0 Å². The SMILES string of the molecule is CC(=O)O[C@H]1[C@H](C)OC(S(=O)c2ccccc2)C[C@H]1N=[N+]=[N-]. The monoisotopic (exact) mass is 323 g/mol. The molecule has 8 heteroatoms. The highest BCUT2D eigenvalue weighted by atomic mass is 32.2. The maximum Gasteiger partial charge on any atom is 0.303 e. The van der Waals surface area contributed by atoms with Crippen molar-refractivity contribution < 1.29 is 18.5 Å². The molecule has 22 heavy (non-hydrogen) atoms. The number of ether oxygens (including phenoxy) is 2. The van der Waals surface area contributed by atoms with Gasteiger partial charge in [-0.2, -0.15) is 0 Å². The Bertz CT molecular complexity index is 603. The molecule has 0 amide bonds. The highest BCUT2D eigenvalue weighted by molar-refractivity contribution is 7.85. The van der Waals surface area contributed by atoms with E-state index in [1.165, 1.54) is 6.92 Å². The van der Waals surface area contributed by atoms with Gasteiger partial charge >= 0.3 is 5.97 Å². The predicted octanol–water partition coefficient (Wildman–Crippen LogP) is 2.54. The lowest BCUT2D eigenvalue weighted by Gasteiger charge is -2.37. The molecule has 1 heterocycles. The van der Waals surface area contributed by atoms with Gasteiger partial charge < -0.3 is 9.47 Å². The number of esters is 1. The summed E-state index contributed by atoms with van der Waals surface area (Å²) in [4.78, 5) is 14.6. The number of carbonyl (C=O) groups is 1. The number of hydrogen-bond acceptors (Lipinski definition) is 5. The fourth-order valence-electron chi connectivity index (χ4n) is 2.41. The summed E-state index contributed by atoms with van der Waals surface area (Å²) in [7, 11) is -1.39. The predicted molar refractivity (Wildman–Crippen MR) is 80.3 cm³/mol. The van der Waals surface area contributed by atoms with Crippen molar-refractivity contribution in [2.75, 3.05) is 0 Å². The highest BCUT2D eigenvalue weighted by Crippen LogP contribution is 2.29. The summed E-state index contributed by atoms with van der Waals surface area (Å²) in [5, 5.41) is 3.68. The number of azide groups is 1. The second-order valence-corrected chi connectivity index (χ2v) is 6.56. The molecule has 5 atom stereocenters. The fraction of sp³-hybridized carbons (Fsp3) is 0.500. The molecule has 1 aromatic rings. The molecule has 2 rings (SSSR count). The first kappa shape index (κ1) is 16.5. The Balaban J connectivity index is 2.18. The average Bonchev–Trinajstić information content (AvgIpc) is 2.50. The van der Waals surface area contributed by atoms with Crippen molar-refractivity contribution in [2.45, 2.75) is 48.8 Å². The molecule has 1 saturated heterocycles. The van der Waals surface area contributed by atoms with Crippen molar-refractivity contribution in [3.63, 3.8) is 0 Å². The van der Waals surface area contributed by atoms with Gasteiger partial charge in [0.05, 0.1) is 22.9 Å². The molecule has 7 nitrogen and oxygen atoms in total. The van der Waals surface area contributed by atoms with E-state index in [-0.39, 0.29) is 6.42 Å². The van der Waals surface area contributed by atoms with Crippen LogP contribution in [0.4, 0.5) is 0 Å². The van der Waals surface area contributed by atoms with Crippen LogP contribution in [0.2, 0.25) is 0 Å². The van der Waals surface area contributed by atoms with Crippen molar-refractivity contribution in [2.24, 2.45) is 5.11 Å². The van der Waals surface area contributed by atoms with E-state index in [0.717, 1.165) is 0 Å². The van der Waals surface area contributed by atoms with Gasteiger partial charge in [-0.25, -0.2) is 0 Å². The van der Waals surface area contributed by atoms with Gasteiger partial charge in [-0.1, -0.05) is 23.3 Å². The zero-order valence-electron chi connectivity index (χ0n) is 12.3. The maximum absolute atomic E-state index is 12.6. The standard InChI is InChI=1S/C14H17N3O4S/c1-9-14(21-10(2)18)12(16-17-15)8-13(20-9)22(19)11-6-4-3-5-7-11/h3-7,9,12-14H,8H2,1-2H3/t9-,12+,13?,14-,22?/m0/s1. The molecule has 2 unspecified atom stereocenters. The van der Waals surface area contributed by atoms with Crippen LogP contribution in [0.25, 0.3) is 10.4 Å². The van der Waals surface area contributed by atoms with Gasteiger partial charge in [-0.05, 0) is 31.0 Å². The van der Waals surface area contributed by atoms with E-state index in [4.69, 9.17) is 15.0 Å². The highest BCUT2D eigenvalue weighted by Gasteiger charge is 2.40. The van der Waals surface area contributed by atoms with Crippen LogP contribution in [0.15, 0.2) is 40.3 Å². The largest absolute Gasteiger partial charge is 0.459 e. The quantitative estimate of drug-likeness (QED) is 0.368. The molecule has 1 fully saturated rings. The van der Waals surface area contributed by atoms with Gasteiger partial charge in [-0.3, -0.25) is 9.00 Å². The van der Waals surface area contributed by atoms with Crippen LogP contribution in [-0.4, -0.2) is 33.9 Å². The Hall–Kier alpha value is -1.89. The summed E-state index contributed by atoms with van der Waals surface area (Å²) < 4.78 is 23.5. The minimum Gasteiger partial charge on any atom is -0.459 e. The van der Waals surface area contributed by atoms with E-state index in [9.17, 15) is 9.00 Å². The second-order valence-electron chi connectivity index (χ2n) is 4.96. The minimum atomic E-state index is -1.39. The molecule has 0 saturated carbocycles. The van der Waals surface area contributed by atoms with Crippen molar-refractivity contribution >= 4 is 16.8 Å². The second kappa shape index (κ2) is 7.40. The van der Waals surface area contributed by atoms with Crippen LogP contribution in [0, 0.1) is 0 Å². The molecule has 1 aromatic carbocycles. The van der Waals surface area contributed by atoms with Crippen molar-refractivity contribution in [1.29, 1.82) is 0 Å². The minimum absolute atomic E-state index is 0.230. The number of carbonyl (C=O) groups excluding carboxylic acids is 1. The normalized spacial score (nSPS) is 29.2. The maximum atomic E-state index is 12.6. The number of rotatable bonds is 4. The van der Waals surface area contributed by atoms with Crippen LogP contribution in [0.5, 0.6) is 0 Å². The van der Waals surface area contributed by atoms with Gasteiger partial charge in [0.25, 0.3) is 0 Å². The molecule has 0 N–H and O–H groups in total. The van der Waals surface area contributed by atoms with Crippen LogP contribution in [0.1, 0.15) is 20.3 Å². The number of nitrogens with zero attached hydrogens (tertiary/aromatic N) is 3. The summed E-state index contributed by atoms with van der Waals surface area (Å²) in [6.45, 7) is 3.00. The molecule has 118 valence electrons. The Morgan fingerprint density at radius 2 is 2.14 bits per heavy atom. The zero-order valence-corrected chi connectivity index (χ0v) is 13.1. The Morgan fingerprint density at radius 1 is 1.45 bits per heavy atom. The van der Waals surface area contributed by atoms with Gasteiger partial charge in [-0.15, -0.1) is 0 Å². The van der Waals surface area contributed by atoms with Crippen molar-refractivity contribution in [3.05, 3.63) is 40.8 Å². The summed E-state index contributed by atoms with van der Waals surface area (Å²) in [5.41, 5.74) is 8.09. The first-order valence-electron chi connectivity index (χ1n) is 6.85. The molecule has 0 bridgehead atoms. The lowest BCUT2D eigenvalue weighted by molar-refractivity contribution is -0.164. The van der Waals surface area contributed by atoms with Crippen LogP contribution in [0.3, 0.4) is 0 Å². The van der Waals surface area contributed by atoms with Gasteiger partial charge in [0.2, 0.25) is 0 Å². The van der Waals surface area contributed by atoms with E-state index in [0.29, 0.717) is 4.90 Å². The summed E-state index contributed by atoms with van der Waals surface area (Å²) in [6.07, 6.45) is -0.948. The molecule has 0 aliphatic carbocycles. The third-order valence-electron chi connectivity index (χ3n) is 3.36. The van der Waals surface area contributed by atoms with Gasteiger partial charge in [0.1, 0.15) is 11.5 Å². The average molecular weight is 323 g/mol. The van der Waals surface area contributed by atoms with Crippen LogP contribution in [-0.2, 0) is 25.1 Å². The van der Waals surface area contributed by atoms with Gasteiger partial charge in [0, 0.05) is 16.7 Å². The Kier molecular flexibility index (Phi) is 5.54. The molecule has 1 aliphatic heterocycles. The topological polar surface area (TPSA) is 101 Å². The van der Waals surface area contributed by atoms with E-state index in [1.54, 1.807) is 31.2 Å². The Morgan fingerprint density at radius 3 is 2.73 bits per heavy atom. The zero-order chi connectivity index (χ0) is 16.1. The molecule has 0 radical (unpaired) electrons.